The van der Waals surface area contributed by atoms with Gasteiger partial charge in [-0.1, -0.05) is 45.9 Å². The van der Waals surface area contributed by atoms with Crippen LogP contribution in [0.2, 0.25) is 0 Å². The number of carbonyl (C=O) groups excluding carboxylic acids is 1. The summed E-state index contributed by atoms with van der Waals surface area (Å²) in [5.74, 6) is 2.19. The highest BCUT2D eigenvalue weighted by molar-refractivity contribution is 7.98. The van der Waals surface area contributed by atoms with E-state index in [9.17, 15) is 4.79 Å². The molecular weight excluding hydrogens is 320 g/mol. The van der Waals surface area contributed by atoms with Gasteiger partial charge >= 0.3 is 6.03 Å². The van der Waals surface area contributed by atoms with Crippen LogP contribution in [-0.4, -0.2) is 6.03 Å². The van der Waals surface area contributed by atoms with Crippen molar-refractivity contribution in [2.45, 2.75) is 44.4 Å². The highest BCUT2D eigenvalue weighted by Crippen LogP contribution is 2.38. The van der Waals surface area contributed by atoms with Gasteiger partial charge in [-0.05, 0) is 59.2 Å². The highest BCUT2D eigenvalue weighted by atomic mass is 32.2. The number of carbonyl (C=O) groups is 1. The Morgan fingerprint density at radius 1 is 1.00 bits per heavy atom. The first-order chi connectivity index (χ1) is 11.4. The average Bonchev–Trinajstić information content (AvgIpc) is 2.53. The molecule has 0 aliphatic carbocycles. The molecule has 0 radical (unpaired) electrons. The van der Waals surface area contributed by atoms with Gasteiger partial charge in [-0.15, -0.1) is 0 Å². The minimum atomic E-state index is -0.547. The predicted molar refractivity (Wildman–Crippen MR) is 99.7 cm³/mol. The fourth-order valence-corrected chi connectivity index (χ4v) is 3.43. The molecule has 128 valence electrons. The van der Waals surface area contributed by atoms with Crippen LogP contribution < -0.4 is 15.2 Å². The molecule has 5 heteroatoms. The van der Waals surface area contributed by atoms with Crippen LogP contribution in [0.3, 0.4) is 0 Å². The van der Waals surface area contributed by atoms with Gasteiger partial charge in [0.1, 0.15) is 11.5 Å². The molecule has 0 bridgehead atoms. The van der Waals surface area contributed by atoms with Crippen LogP contribution >= 0.6 is 11.9 Å². The molecule has 0 saturated carbocycles. The molecule has 2 amide bonds. The molecule has 0 atom stereocenters. The molecule has 3 N–H and O–H groups in total. The number of nitrogens with one attached hydrogen (secondary N) is 1. The lowest BCUT2D eigenvalue weighted by Gasteiger charge is -2.21. The largest absolute Gasteiger partial charge is 0.457 e. The molecule has 4 nitrogen and oxygen atoms in total. The van der Waals surface area contributed by atoms with Crippen LogP contribution in [0, 0.1) is 0 Å². The zero-order chi connectivity index (χ0) is 17.7. The van der Waals surface area contributed by atoms with E-state index in [1.807, 2.05) is 42.5 Å². The van der Waals surface area contributed by atoms with Crippen LogP contribution in [-0.2, 0) is 0 Å². The Kier molecular flexibility index (Phi) is 6.15. The Hall–Kier alpha value is -2.14. The number of amides is 2. The van der Waals surface area contributed by atoms with E-state index in [4.69, 9.17) is 10.5 Å². The van der Waals surface area contributed by atoms with Crippen molar-refractivity contribution in [3.05, 3.63) is 53.6 Å². The molecule has 0 heterocycles. The molecule has 2 rings (SSSR count). The lowest BCUT2D eigenvalue weighted by atomic mass is 9.95. The van der Waals surface area contributed by atoms with Gasteiger partial charge in [0.05, 0.1) is 0 Å². The molecule has 2 aromatic carbocycles. The van der Waals surface area contributed by atoms with E-state index in [1.165, 1.54) is 11.9 Å². The van der Waals surface area contributed by atoms with Gasteiger partial charge in [0.2, 0.25) is 0 Å². The van der Waals surface area contributed by atoms with Crippen molar-refractivity contribution < 1.29 is 9.53 Å². The number of benzene rings is 2. The predicted octanol–water partition coefficient (Wildman–Crippen LogP) is 5.40. The third-order valence-electron chi connectivity index (χ3n) is 3.60. The van der Waals surface area contributed by atoms with Crippen LogP contribution in [0.15, 0.2) is 47.4 Å². The van der Waals surface area contributed by atoms with Gasteiger partial charge in [-0.3, -0.25) is 4.72 Å². The maximum Gasteiger partial charge on any atom is 0.322 e. The lowest BCUT2D eigenvalue weighted by Crippen LogP contribution is -2.23. The molecule has 0 spiro atoms. The van der Waals surface area contributed by atoms with E-state index < -0.39 is 6.03 Å². The zero-order valence-electron chi connectivity index (χ0n) is 14.5. The summed E-state index contributed by atoms with van der Waals surface area (Å²) >= 11 is 1.27. The monoisotopic (exact) mass is 344 g/mol. The average molecular weight is 344 g/mol. The number of primary amides is 1. The summed E-state index contributed by atoms with van der Waals surface area (Å²) in [7, 11) is 0. The SMILES string of the molecule is CC(C)c1cc(Oc2ccccc2)cc(C(C)C)c1SNC(N)=O. The fourth-order valence-electron chi connectivity index (χ4n) is 2.41. The molecule has 0 aliphatic heterocycles. The topological polar surface area (TPSA) is 64.3 Å². The first kappa shape index (κ1) is 18.2. The summed E-state index contributed by atoms with van der Waals surface area (Å²) in [5.41, 5.74) is 7.49. The Morgan fingerprint density at radius 3 is 2.00 bits per heavy atom. The van der Waals surface area contributed by atoms with Crippen molar-refractivity contribution in [1.29, 1.82) is 0 Å². The Morgan fingerprint density at radius 2 is 1.54 bits per heavy atom. The zero-order valence-corrected chi connectivity index (χ0v) is 15.3. The van der Waals surface area contributed by atoms with Gasteiger partial charge in [-0.2, -0.15) is 0 Å². The van der Waals surface area contributed by atoms with Crippen molar-refractivity contribution in [3.63, 3.8) is 0 Å². The first-order valence-corrected chi connectivity index (χ1v) is 8.83. The number of rotatable bonds is 6. The molecular formula is C19H24N2O2S. The summed E-state index contributed by atoms with van der Waals surface area (Å²) in [6.45, 7) is 8.50. The van der Waals surface area contributed by atoms with Crippen LogP contribution in [0.5, 0.6) is 11.5 Å². The van der Waals surface area contributed by atoms with Crippen molar-refractivity contribution in [2.24, 2.45) is 5.73 Å². The highest BCUT2D eigenvalue weighted by Gasteiger charge is 2.18. The van der Waals surface area contributed by atoms with Gasteiger partial charge in [0, 0.05) is 4.90 Å². The Labute approximate surface area is 147 Å². The Balaban J connectivity index is 2.45. The van der Waals surface area contributed by atoms with E-state index in [1.54, 1.807) is 0 Å². The maximum atomic E-state index is 11.1. The maximum absolute atomic E-state index is 11.1. The molecule has 0 aromatic heterocycles. The number of hydrogen-bond acceptors (Lipinski definition) is 3. The van der Waals surface area contributed by atoms with Gasteiger partial charge in [0.15, 0.2) is 0 Å². The quantitative estimate of drug-likeness (QED) is 0.689. The lowest BCUT2D eigenvalue weighted by molar-refractivity contribution is 0.254. The van der Waals surface area contributed by atoms with Gasteiger partial charge in [-0.25, -0.2) is 4.79 Å². The van der Waals surface area contributed by atoms with Crippen LogP contribution in [0.1, 0.15) is 50.7 Å². The van der Waals surface area contributed by atoms with E-state index in [0.717, 1.165) is 27.5 Å². The van der Waals surface area contributed by atoms with E-state index in [2.05, 4.69) is 32.4 Å². The van der Waals surface area contributed by atoms with Crippen molar-refractivity contribution in [1.82, 2.24) is 4.72 Å². The molecule has 2 aromatic rings. The van der Waals surface area contributed by atoms with Crippen LogP contribution in [0.4, 0.5) is 4.79 Å². The van der Waals surface area contributed by atoms with E-state index in [-0.39, 0.29) is 0 Å². The number of urea groups is 1. The molecule has 0 unspecified atom stereocenters. The molecule has 0 saturated heterocycles. The molecule has 24 heavy (non-hydrogen) atoms. The molecule has 0 fully saturated rings. The van der Waals surface area contributed by atoms with Gasteiger partial charge in [0.25, 0.3) is 0 Å². The van der Waals surface area contributed by atoms with Gasteiger partial charge < -0.3 is 10.5 Å². The summed E-state index contributed by atoms with van der Waals surface area (Å²) in [4.78, 5) is 12.1. The summed E-state index contributed by atoms with van der Waals surface area (Å²) in [6, 6.07) is 13.2. The number of hydrogen-bond donors (Lipinski definition) is 2. The van der Waals surface area contributed by atoms with E-state index >= 15 is 0 Å². The number of nitrogens with two attached hydrogens (primary N) is 1. The first-order valence-electron chi connectivity index (χ1n) is 8.01. The summed E-state index contributed by atoms with van der Waals surface area (Å²) in [6.07, 6.45) is 0. The summed E-state index contributed by atoms with van der Waals surface area (Å²) in [5, 5.41) is 0. The number of para-hydroxylation sites is 1. The smallest absolute Gasteiger partial charge is 0.322 e. The number of ether oxygens (including phenoxy) is 1. The molecule has 0 aliphatic rings. The minimum Gasteiger partial charge on any atom is -0.457 e. The fraction of sp³-hybridized carbons (Fsp3) is 0.316. The third kappa shape index (κ3) is 4.68. The normalized spacial score (nSPS) is 10.9. The third-order valence-corrected chi connectivity index (χ3v) is 4.58. The second-order valence-corrected chi connectivity index (χ2v) is 7.04. The van der Waals surface area contributed by atoms with Crippen molar-refractivity contribution >= 4 is 18.0 Å². The van der Waals surface area contributed by atoms with E-state index in [0.29, 0.717) is 11.8 Å². The second kappa shape index (κ2) is 8.11. The standard InChI is InChI=1S/C19H24N2O2S/c1-12(2)16-10-15(23-14-8-6-5-7-9-14)11-17(13(3)4)18(16)24-21-19(20)22/h5-13H,1-4H3,(H3,20,21,22). The van der Waals surface area contributed by atoms with Crippen molar-refractivity contribution in [3.8, 4) is 11.5 Å². The second-order valence-electron chi connectivity index (χ2n) is 6.22. The van der Waals surface area contributed by atoms with Crippen molar-refractivity contribution in [2.75, 3.05) is 0 Å². The van der Waals surface area contributed by atoms with Crippen LogP contribution in [0.25, 0.3) is 0 Å². The summed E-state index contributed by atoms with van der Waals surface area (Å²) < 4.78 is 8.66. The minimum absolute atomic E-state index is 0.291. The Bertz CT molecular complexity index is 671.